The monoisotopic (exact) mass is 530 g/mol. The number of amides is 1. The lowest BCUT2D eigenvalue weighted by Crippen LogP contribution is -2.42. The van der Waals surface area contributed by atoms with Crippen LogP contribution in [0.2, 0.25) is 0 Å². The highest BCUT2D eigenvalue weighted by Crippen LogP contribution is 2.33. The van der Waals surface area contributed by atoms with Gasteiger partial charge in [-0.25, -0.2) is 8.42 Å². The lowest BCUT2D eigenvalue weighted by molar-refractivity contribution is -0.120. The molecule has 1 atom stereocenters. The summed E-state index contributed by atoms with van der Waals surface area (Å²) in [6.07, 6.45) is 0. The molecule has 7 nitrogen and oxygen atoms in total. The van der Waals surface area contributed by atoms with Crippen molar-refractivity contribution in [1.29, 1.82) is 0 Å². The molecular weight excluding hydrogens is 500 g/mol. The number of hydrogen-bond acceptors (Lipinski definition) is 5. The van der Waals surface area contributed by atoms with E-state index in [4.69, 9.17) is 9.47 Å². The highest BCUT2D eigenvalue weighted by atomic mass is 32.2. The van der Waals surface area contributed by atoms with E-state index in [-0.39, 0.29) is 10.6 Å². The number of carbonyl (C=O) groups is 1. The SMILES string of the molecule is COc1ccc(S(=O)(=O)N(CC(=O)NC(c2ccccc2)c2cccc(C)c2)c2ccccc2OC)cc1. The highest BCUT2D eigenvalue weighted by molar-refractivity contribution is 7.92. The molecule has 0 aliphatic carbocycles. The predicted molar refractivity (Wildman–Crippen MR) is 148 cm³/mol. The Labute approximate surface area is 223 Å². The van der Waals surface area contributed by atoms with Gasteiger partial charge in [0, 0.05) is 0 Å². The third-order valence-corrected chi connectivity index (χ3v) is 7.88. The molecule has 0 aliphatic rings. The average Bonchev–Trinajstić information content (AvgIpc) is 2.95. The lowest BCUT2D eigenvalue weighted by Gasteiger charge is -2.27. The van der Waals surface area contributed by atoms with E-state index in [0.717, 1.165) is 21.0 Å². The van der Waals surface area contributed by atoms with Crippen LogP contribution in [0.3, 0.4) is 0 Å². The smallest absolute Gasteiger partial charge is 0.264 e. The van der Waals surface area contributed by atoms with E-state index in [2.05, 4.69) is 5.32 Å². The second-order valence-corrected chi connectivity index (χ2v) is 10.5. The van der Waals surface area contributed by atoms with Gasteiger partial charge in [-0.05, 0) is 54.4 Å². The molecule has 0 heterocycles. The molecule has 1 amide bonds. The van der Waals surface area contributed by atoms with Crippen molar-refractivity contribution in [3.05, 3.63) is 120 Å². The van der Waals surface area contributed by atoms with Gasteiger partial charge in [-0.2, -0.15) is 0 Å². The Bertz CT molecular complexity index is 1490. The van der Waals surface area contributed by atoms with Crippen molar-refractivity contribution >= 4 is 21.6 Å². The number of sulfonamides is 1. The largest absolute Gasteiger partial charge is 0.497 e. The maximum atomic E-state index is 13.9. The van der Waals surface area contributed by atoms with E-state index in [1.807, 2.05) is 61.5 Å². The van der Waals surface area contributed by atoms with Crippen LogP contribution >= 0.6 is 0 Å². The third-order valence-electron chi connectivity index (χ3n) is 6.10. The molecule has 38 heavy (non-hydrogen) atoms. The maximum absolute atomic E-state index is 13.9. The summed E-state index contributed by atoms with van der Waals surface area (Å²) in [6, 6.07) is 29.7. The van der Waals surface area contributed by atoms with Gasteiger partial charge in [-0.15, -0.1) is 0 Å². The van der Waals surface area contributed by atoms with Gasteiger partial charge in [0.25, 0.3) is 10.0 Å². The quantitative estimate of drug-likeness (QED) is 0.308. The molecule has 0 aliphatic heterocycles. The van der Waals surface area contributed by atoms with Crippen LogP contribution in [0, 0.1) is 6.92 Å². The summed E-state index contributed by atoms with van der Waals surface area (Å²) in [7, 11) is -1.18. The number of nitrogens with one attached hydrogen (secondary N) is 1. The van der Waals surface area contributed by atoms with Crippen LogP contribution in [0.4, 0.5) is 5.69 Å². The highest BCUT2D eigenvalue weighted by Gasteiger charge is 2.30. The number of methoxy groups -OCH3 is 2. The first kappa shape index (κ1) is 26.8. The molecule has 196 valence electrons. The van der Waals surface area contributed by atoms with Crippen molar-refractivity contribution in [1.82, 2.24) is 5.32 Å². The Morgan fingerprint density at radius 3 is 2.13 bits per heavy atom. The van der Waals surface area contributed by atoms with Gasteiger partial charge in [0.15, 0.2) is 0 Å². The Hall–Kier alpha value is -4.30. The van der Waals surface area contributed by atoms with Crippen molar-refractivity contribution in [3.63, 3.8) is 0 Å². The maximum Gasteiger partial charge on any atom is 0.264 e. The van der Waals surface area contributed by atoms with Crippen molar-refractivity contribution in [3.8, 4) is 11.5 Å². The zero-order valence-electron chi connectivity index (χ0n) is 21.5. The van der Waals surface area contributed by atoms with Gasteiger partial charge in [-0.1, -0.05) is 72.3 Å². The number of aryl methyl sites for hydroxylation is 1. The van der Waals surface area contributed by atoms with Crippen LogP contribution in [-0.4, -0.2) is 35.1 Å². The van der Waals surface area contributed by atoms with E-state index in [1.165, 1.54) is 26.4 Å². The molecule has 8 heteroatoms. The van der Waals surface area contributed by atoms with Crippen LogP contribution < -0.4 is 19.1 Å². The fourth-order valence-electron chi connectivity index (χ4n) is 4.20. The molecule has 0 fully saturated rings. The third kappa shape index (κ3) is 5.98. The first-order valence-electron chi connectivity index (χ1n) is 12.0. The summed E-state index contributed by atoms with van der Waals surface area (Å²) in [5.74, 6) is 0.383. The van der Waals surface area contributed by atoms with Gasteiger partial charge in [0.05, 0.1) is 30.8 Å². The van der Waals surface area contributed by atoms with E-state index in [0.29, 0.717) is 11.5 Å². The number of para-hydroxylation sites is 2. The number of hydrogen-bond donors (Lipinski definition) is 1. The van der Waals surface area contributed by atoms with Crippen LogP contribution in [0.5, 0.6) is 11.5 Å². The van der Waals surface area contributed by atoms with Crippen LogP contribution in [0.1, 0.15) is 22.7 Å². The molecule has 4 aromatic rings. The fraction of sp³-hybridized carbons (Fsp3) is 0.167. The average molecular weight is 531 g/mol. The second kappa shape index (κ2) is 11.8. The van der Waals surface area contributed by atoms with Crippen molar-refractivity contribution in [2.45, 2.75) is 17.9 Å². The molecule has 0 radical (unpaired) electrons. The van der Waals surface area contributed by atoms with Crippen molar-refractivity contribution < 1.29 is 22.7 Å². The van der Waals surface area contributed by atoms with Crippen LogP contribution in [-0.2, 0) is 14.8 Å². The molecule has 0 saturated heterocycles. The lowest BCUT2D eigenvalue weighted by atomic mass is 9.97. The Balaban J connectivity index is 1.72. The topological polar surface area (TPSA) is 84.9 Å². The first-order valence-corrected chi connectivity index (χ1v) is 13.5. The molecule has 1 N–H and O–H groups in total. The van der Waals surface area contributed by atoms with Gasteiger partial charge in [-0.3, -0.25) is 9.10 Å². The summed E-state index contributed by atoms with van der Waals surface area (Å²) in [5.41, 5.74) is 3.09. The number of nitrogens with zero attached hydrogens (tertiary/aromatic N) is 1. The zero-order valence-corrected chi connectivity index (χ0v) is 22.3. The predicted octanol–water partition coefficient (Wildman–Crippen LogP) is 5.11. The van der Waals surface area contributed by atoms with Gasteiger partial charge in [0.2, 0.25) is 5.91 Å². The number of carbonyl (C=O) groups excluding carboxylic acids is 1. The molecule has 4 aromatic carbocycles. The van der Waals surface area contributed by atoms with E-state index >= 15 is 0 Å². The van der Waals surface area contributed by atoms with Gasteiger partial charge >= 0.3 is 0 Å². The first-order chi connectivity index (χ1) is 18.3. The summed E-state index contributed by atoms with van der Waals surface area (Å²) >= 11 is 0. The second-order valence-electron chi connectivity index (χ2n) is 8.68. The number of benzene rings is 4. The van der Waals surface area contributed by atoms with E-state index in [1.54, 1.807) is 36.4 Å². The number of rotatable bonds is 10. The van der Waals surface area contributed by atoms with Crippen LogP contribution in [0.25, 0.3) is 0 Å². The summed E-state index contributed by atoms with van der Waals surface area (Å²) < 4.78 is 39.4. The van der Waals surface area contributed by atoms with E-state index < -0.39 is 28.5 Å². The molecule has 0 aromatic heterocycles. The van der Waals surface area contributed by atoms with Crippen molar-refractivity contribution in [2.24, 2.45) is 0 Å². The standard InChI is InChI=1S/C30H30N2O5S/c1-22-10-9-13-24(20-22)30(23-11-5-4-6-12-23)31-29(33)21-32(27-14-7-8-15-28(27)37-3)38(34,35)26-18-16-25(36-2)17-19-26/h4-20,30H,21H2,1-3H3,(H,31,33). The summed E-state index contributed by atoms with van der Waals surface area (Å²) in [6.45, 7) is 1.53. The summed E-state index contributed by atoms with van der Waals surface area (Å²) in [4.78, 5) is 13.6. The van der Waals surface area contributed by atoms with Crippen molar-refractivity contribution in [2.75, 3.05) is 25.1 Å². The van der Waals surface area contributed by atoms with Crippen LogP contribution in [0.15, 0.2) is 108 Å². The van der Waals surface area contributed by atoms with E-state index in [9.17, 15) is 13.2 Å². The fourth-order valence-corrected chi connectivity index (χ4v) is 5.63. The molecular formula is C30H30N2O5S. The number of ether oxygens (including phenoxy) is 2. The number of anilines is 1. The Morgan fingerprint density at radius 2 is 1.47 bits per heavy atom. The molecule has 4 rings (SSSR count). The Kier molecular flexibility index (Phi) is 8.33. The molecule has 1 unspecified atom stereocenters. The van der Waals surface area contributed by atoms with Gasteiger partial charge < -0.3 is 14.8 Å². The minimum atomic E-state index is -4.14. The minimum absolute atomic E-state index is 0.0234. The van der Waals surface area contributed by atoms with Gasteiger partial charge in [0.1, 0.15) is 18.0 Å². The Morgan fingerprint density at radius 1 is 0.816 bits per heavy atom. The zero-order chi connectivity index (χ0) is 27.1. The molecule has 0 spiro atoms. The molecule has 0 bridgehead atoms. The normalized spacial score (nSPS) is 11.9. The molecule has 0 saturated carbocycles. The summed E-state index contributed by atoms with van der Waals surface area (Å²) in [5, 5.41) is 3.05. The minimum Gasteiger partial charge on any atom is -0.497 e.